The van der Waals surface area contributed by atoms with E-state index < -0.39 is 6.10 Å². The monoisotopic (exact) mass is 833 g/mol. The van der Waals surface area contributed by atoms with Gasteiger partial charge in [0.2, 0.25) is 0 Å². The predicted molar refractivity (Wildman–Crippen MR) is 256 cm³/mol. The summed E-state index contributed by atoms with van der Waals surface area (Å²) in [5, 5.41) is 0. The minimum absolute atomic E-state index is 0.112. The van der Waals surface area contributed by atoms with E-state index in [0.29, 0.717) is 25.7 Å². The van der Waals surface area contributed by atoms with Gasteiger partial charge >= 0.3 is 17.9 Å². The molecule has 0 rings (SSSR count). The predicted octanol–water partition coefficient (Wildman–Crippen LogP) is 15.8. The number of rotatable bonds is 42. The first-order chi connectivity index (χ1) is 29.5. The maximum Gasteiger partial charge on any atom is 0.306 e. The van der Waals surface area contributed by atoms with Crippen LogP contribution in [0.3, 0.4) is 0 Å². The van der Waals surface area contributed by atoms with Gasteiger partial charge < -0.3 is 14.2 Å². The molecular formula is C54H88O6. The van der Waals surface area contributed by atoms with Crippen molar-refractivity contribution in [2.45, 2.75) is 213 Å². The lowest BCUT2D eigenvalue weighted by molar-refractivity contribution is -0.167. The molecule has 0 amide bonds. The third kappa shape index (κ3) is 45.4. The maximum atomic E-state index is 12.8. The number of ether oxygens (including phenoxy) is 3. The van der Waals surface area contributed by atoms with Crippen LogP contribution in [-0.4, -0.2) is 37.2 Å². The number of hydrogen-bond donors (Lipinski definition) is 0. The lowest BCUT2D eigenvalue weighted by atomic mass is 10.1. The molecule has 0 aromatic carbocycles. The second-order valence-corrected chi connectivity index (χ2v) is 15.8. The maximum absolute atomic E-state index is 12.8. The van der Waals surface area contributed by atoms with E-state index in [1.165, 1.54) is 83.5 Å². The van der Waals surface area contributed by atoms with Gasteiger partial charge in [-0.2, -0.15) is 0 Å². The molecule has 340 valence electrons. The fraction of sp³-hybridized carbons (Fsp3) is 0.648. The highest BCUT2D eigenvalue weighted by atomic mass is 16.6. The van der Waals surface area contributed by atoms with Crippen LogP contribution in [0.5, 0.6) is 0 Å². The topological polar surface area (TPSA) is 78.9 Å². The van der Waals surface area contributed by atoms with Crippen molar-refractivity contribution in [2.24, 2.45) is 0 Å². The Kier molecular flexibility index (Phi) is 45.1. The van der Waals surface area contributed by atoms with Gasteiger partial charge in [-0.15, -0.1) is 0 Å². The number of unbranched alkanes of at least 4 members (excludes halogenated alkanes) is 20. The van der Waals surface area contributed by atoms with Gasteiger partial charge in [0.15, 0.2) is 6.10 Å². The van der Waals surface area contributed by atoms with E-state index in [1.54, 1.807) is 0 Å². The Morgan fingerprint density at radius 2 is 0.683 bits per heavy atom. The molecule has 0 bridgehead atoms. The zero-order chi connectivity index (χ0) is 43.7. The molecule has 0 aliphatic rings. The lowest BCUT2D eigenvalue weighted by Gasteiger charge is -2.18. The van der Waals surface area contributed by atoms with Crippen LogP contribution in [-0.2, 0) is 28.6 Å². The van der Waals surface area contributed by atoms with E-state index in [-0.39, 0.29) is 31.1 Å². The smallest absolute Gasteiger partial charge is 0.306 e. The van der Waals surface area contributed by atoms with Crippen LogP contribution >= 0.6 is 0 Å². The van der Waals surface area contributed by atoms with Crippen molar-refractivity contribution in [1.82, 2.24) is 0 Å². The lowest BCUT2D eigenvalue weighted by Crippen LogP contribution is -2.30. The minimum atomic E-state index is -0.810. The average molecular weight is 833 g/mol. The fourth-order valence-corrected chi connectivity index (χ4v) is 6.29. The first-order valence-corrected chi connectivity index (χ1v) is 24.3. The van der Waals surface area contributed by atoms with Crippen LogP contribution in [0, 0.1) is 0 Å². The molecule has 0 saturated heterocycles. The van der Waals surface area contributed by atoms with Crippen molar-refractivity contribution in [3.8, 4) is 0 Å². The molecule has 60 heavy (non-hydrogen) atoms. The summed E-state index contributed by atoms with van der Waals surface area (Å²) in [5.41, 5.74) is 0. The van der Waals surface area contributed by atoms with Crippen LogP contribution in [0.25, 0.3) is 0 Å². The van der Waals surface area contributed by atoms with Gasteiger partial charge in [-0.05, 0) is 83.5 Å². The Bertz CT molecular complexity index is 1230. The molecule has 0 N–H and O–H groups in total. The number of esters is 3. The van der Waals surface area contributed by atoms with Crippen molar-refractivity contribution >= 4 is 17.9 Å². The molecule has 0 aromatic rings. The molecule has 1 atom stereocenters. The summed E-state index contributed by atoms with van der Waals surface area (Å²) in [6, 6.07) is 0. The van der Waals surface area contributed by atoms with Crippen molar-refractivity contribution in [2.75, 3.05) is 13.2 Å². The molecule has 6 nitrogen and oxygen atoms in total. The minimum Gasteiger partial charge on any atom is -0.462 e. The average Bonchev–Trinajstić information content (AvgIpc) is 3.24. The zero-order valence-electron chi connectivity index (χ0n) is 38.7. The summed E-state index contributed by atoms with van der Waals surface area (Å²) in [4.78, 5) is 37.8. The highest BCUT2D eigenvalue weighted by molar-refractivity contribution is 5.71. The molecule has 0 radical (unpaired) electrons. The second-order valence-electron chi connectivity index (χ2n) is 15.8. The van der Waals surface area contributed by atoms with Gasteiger partial charge in [0, 0.05) is 19.3 Å². The van der Waals surface area contributed by atoms with Crippen molar-refractivity contribution in [3.05, 3.63) is 97.2 Å². The highest BCUT2D eigenvalue weighted by Crippen LogP contribution is 2.13. The largest absolute Gasteiger partial charge is 0.462 e. The Morgan fingerprint density at radius 3 is 1.17 bits per heavy atom. The Hall–Kier alpha value is -3.67. The SMILES string of the molecule is CC\C=C/C=C\C=C/C=C\C=C\C=C/CCCCCC(=O)OCC(COC(=O)CCC/C=C\CCCCCC)OC(=O)CCCCCCC/C=C\CCCCCCCCC. The number of hydrogen-bond acceptors (Lipinski definition) is 6. The summed E-state index contributed by atoms with van der Waals surface area (Å²) in [6.07, 6.45) is 62.5. The third-order valence-corrected chi connectivity index (χ3v) is 9.95. The summed E-state index contributed by atoms with van der Waals surface area (Å²) < 4.78 is 16.7. The number of carbonyl (C=O) groups is 3. The van der Waals surface area contributed by atoms with Crippen LogP contribution < -0.4 is 0 Å². The summed E-state index contributed by atoms with van der Waals surface area (Å²) in [7, 11) is 0. The molecule has 1 unspecified atom stereocenters. The molecule has 0 aliphatic carbocycles. The molecule has 0 heterocycles. The van der Waals surface area contributed by atoms with Gasteiger partial charge in [-0.1, -0.05) is 201 Å². The van der Waals surface area contributed by atoms with Crippen LogP contribution in [0.15, 0.2) is 97.2 Å². The van der Waals surface area contributed by atoms with Gasteiger partial charge in [0.25, 0.3) is 0 Å². The highest BCUT2D eigenvalue weighted by Gasteiger charge is 2.19. The van der Waals surface area contributed by atoms with Gasteiger partial charge in [0.05, 0.1) is 0 Å². The van der Waals surface area contributed by atoms with E-state index in [9.17, 15) is 14.4 Å². The molecule has 0 saturated carbocycles. The van der Waals surface area contributed by atoms with Crippen molar-refractivity contribution in [1.29, 1.82) is 0 Å². The summed E-state index contributed by atoms with van der Waals surface area (Å²) in [6.45, 7) is 6.37. The van der Waals surface area contributed by atoms with Crippen LogP contribution in [0.1, 0.15) is 207 Å². The third-order valence-electron chi connectivity index (χ3n) is 9.95. The van der Waals surface area contributed by atoms with Crippen molar-refractivity contribution < 1.29 is 28.6 Å². The fourth-order valence-electron chi connectivity index (χ4n) is 6.29. The van der Waals surface area contributed by atoms with Crippen LogP contribution in [0.4, 0.5) is 0 Å². The van der Waals surface area contributed by atoms with E-state index in [4.69, 9.17) is 14.2 Å². The standard InChI is InChI=1S/C54H88O6/c1-4-7-10-13-16-19-21-23-25-27-29-30-32-35-38-41-44-47-53(56)59-50-51(49-58-52(55)46-43-40-37-34-18-15-12-9-6-3)60-54(57)48-45-42-39-36-33-31-28-26-24-22-20-17-14-11-8-5-2/h7,10,13,16,19,21,23,25-30,32,34,37,51H,4-6,8-9,11-12,14-15,17-18,20,22,24,31,33,35-36,38-50H2,1-3H3/b10-7-,16-13-,21-19-,25-23-,28-26-,29-27+,32-30-,37-34-. The molecule has 0 aromatic heterocycles. The first kappa shape index (κ1) is 56.3. The number of allylic oxidation sites excluding steroid dienone is 16. The normalized spacial score (nSPS) is 12.9. The van der Waals surface area contributed by atoms with E-state index in [1.807, 2.05) is 60.8 Å². The molecule has 6 heteroatoms. The van der Waals surface area contributed by atoms with E-state index >= 15 is 0 Å². The first-order valence-electron chi connectivity index (χ1n) is 24.3. The zero-order valence-corrected chi connectivity index (χ0v) is 38.7. The second kappa shape index (κ2) is 48.0. The molecular weight excluding hydrogens is 745 g/mol. The van der Waals surface area contributed by atoms with Crippen molar-refractivity contribution in [3.63, 3.8) is 0 Å². The van der Waals surface area contributed by atoms with Gasteiger partial charge in [-0.25, -0.2) is 0 Å². The quantitative estimate of drug-likeness (QED) is 0.0200. The summed E-state index contributed by atoms with van der Waals surface area (Å²) >= 11 is 0. The molecule has 0 fully saturated rings. The number of carbonyl (C=O) groups excluding carboxylic acids is 3. The van der Waals surface area contributed by atoms with E-state index in [2.05, 4.69) is 57.2 Å². The Morgan fingerprint density at radius 1 is 0.350 bits per heavy atom. The van der Waals surface area contributed by atoms with Crippen LogP contribution in [0.2, 0.25) is 0 Å². The molecule has 0 aliphatic heterocycles. The van der Waals surface area contributed by atoms with Gasteiger partial charge in [0.1, 0.15) is 13.2 Å². The van der Waals surface area contributed by atoms with E-state index in [0.717, 1.165) is 77.0 Å². The van der Waals surface area contributed by atoms with Gasteiger partial charge in [-0.3, -0.25) is 14.4 Å². The Labute approximate surface area is 368 Å². The Balaban J connectivity index is 4.49. The molecule has 0 spiro atoms. The summed E-state index contributed by atoms with van der Waals surface area (Å²) in [5.74, 6) is -1.00.